The van der Waals surface area contributed by atoms with Gasteiger partial charge in [0, 0.05) is 31.9 Å². The summed E-state index contributed by atoms with van der Waals surface area (Å²) in [4.78, 5) is 13.3. The quantitative estimate of drug-likeness (QED) is 0.900. The second-order valence-corrected chi connectivity index (χ2v) is 5.03. The minimum absolute atomic E-state index is 0.115. The maximum absolute atomic E-state index is 12.1. The third-order valence-corrected chi connectivity index (χ3v) is 3.49. The summed E-state index contributed by atoms with van der Waals surface area (Å²) < 4.78 is 40.1. The molecule has 2 rings (SSSR count). The van der Waals surface area contributed by atoms with Crippen LogP contribution in [0.2, 0.25) is 0 Å². The summed E-state index contributed by atoms with van der Waals surface area (Å²) in [5.74, 6) is -0.229. The van der Waals surface area contributed by atoms with Crippen molar-refractivity contribution in [3.05, 3.63) is 24.3 Å². The van der Waals surface area contributed by atoms with Crippen molar-refractivity contribution in [1.29, 1.82) is 0 Å². The molecule has 0 aromatic heterocycles. The Balaban J connectivity index is 1.87. The fourth-order valence-electron chi connectivity index (χ4n) is 2.40. The lowest BCUT2D eigenvalue weighted by Crippen LogP contribution is -2.47. The molecule has 22 heavy (non-hydrogen) atoms. The monoisotopic (exact) mass is 317 g/mol. The van der Waals surface area contributed by atoms with E-state index in [-0.39, 0.29) is 17.8 Å². The number of benzene rings is 1. The first-order chi connectivity index (χ1) is 10.4. The summed E-state index contributed by atoms with van der Waals surface area (Å²) in [6.45, 7) is 1.46. The van der Waals surface area contributed by atoms with Gasteiger partial charge in [-0.2, -0.15) is 0 Å². The molecule has 0 spiro atoms. The Kier molecular flexibility index (Phi) is 4.99. The number of urea groups is 1. The lowest BCUT2D eigenvalue weighted by Gasteiger charge is -2.34. The Bertz CT molecular complexity index is 497. The molecule has 122 valence electrons. The van der Waals surface area contributed by atoms with Gasteiger partial charge in [0.25, 0.3) is 0 Å². The highest BCUT2D eigenvalue weighted by Crippen LogP contribution is 2.26. The zero-order valence-electron chi connectivity index (χ0n) is 12.1. The molecular formula is C14H18F3N3O2. The molecule has 1 aliphatic heterocycles. The van der Waals surface area contributed by atoms with Crippen molar-refractivity contribution in [3.8, 4) is 5.75 Å². The van der Waals surface area contributed by atoms with E-state index in [2.05, 4.69) is 20.3 Å². The van der Waals surface area contributed by atoms with E-state index in [0.29, 0.717) is 0 Å². The Morgan fingerprint density at radius 1 is 1.23 bits per heavy atom. The van der Waals surface area contributed by atoms with Crippen LogP contribution in [0.3, 0.4) is 0 Å². The van der Waals surface area contributed by atoms with E-state index in [9.17, 15) is 18.0 Å². The zero-order chi connectivity index (χ0) is 16.2. The average Bonchev–Trinajstić information content (AvgIpc) is 2.47. The SMILES string of the molecule is CNC(=O)NC1CCN(c2ccc(OC(F)(F)F)cc2)CC1. The number of alkyl halides is 3. The van der Waals surface area contributed by atoms with Crippen LogP contribution in [0.25, 0.3) is 0 Å². The molecule has 1 saturated heterocycles. The van der Waals surface area contributed by atoms with Crippen molar-refractivity contribution in [2.24, 2.45) is 0 Å². The molecule has 8 heteroatoms. The number of hydrogen-bond acceptors (Lipinski definition) is 3. The van der Waals surface area contributed by atoms with Crippen LogP contribution in [0, 0.1) is 0 Å². The molecule has 0 saturated carbocycles. The van der Waals surface area contributed by atoms with Crippen molar-refractivity contribution in [1.82, 2.24) is 10.6 Å². The van der Waals surface area contributed by atoms with Gasteiger partial charge in [-0.25, -0.2) is 4.79 Å². The first kappa shape index (κ1) is 16.3. The molecule has 1 aliphatic rings. The van der Waals surface area contributed by atoms with Gasteiger partial charge in [0.2, 0.25) is 0 Å². The lowest BCUT2D eigenvalue weighted by molar-refractivity contribution is -0.274. The summed E-state index contributed by atoms with van der Waals surface area (Å²) in [5, 5.41) is 5.36. The highest BCUT2D eigenvalue weighted by molar-refractivity contribution is 5.73. The molecule has 1 heterocycles. The Morgan fingerprint density at radius 2 is 1.82 bits per heavy atom. The van der Waals surface area contributed by atoms with Crippen LogP contribution in [0.1, 0.15) is 12.8 Å². The fraction of sp³-hybridized carbons (Fsp3) is 0.500. The molecule has 0 atom stereocenters. The first-order valence-electron chi connectivity index (χ1n) is 6.96. The Hall–Kier alpha value is -2.12. The molecule has 1 aromatic rings. The average molecular weight is 317 g/mol. The minimum atomic E-state index is -4.68. The number of anilines is 1. The molecule has 0 bridgehead atoms. The summed E-state index contributed by atoms with van der Waals surface area (Å²) in [7, 11) is 1.56. The number of ether oxygens (including phenoxy) is 1. The van der Waals surface area contributed by atoms with Gasteiger partial charge in [0.15, 0.2) is 0 Å². The fourth-order valence-corrected chi connectivity index (χ4v) is 2.40. The molecule has 1 fully saturated rings. The van der Waals surface area contributed by atoms with Crippen LogP contribution < -0.4 is 20.3 Å². The maximum Gasteiger partial charge on any atom is 0.573 e. The summed E-state index contributed by atoms with van der Waals surface area (Å²) >= 11 is 0. The van der Waals surface area contributed by atoms with Crippen LogP contribution in [-0.4, -0.2) is 38.6 Å². The van der Waals surface area contributed by atoms with Crippen LogP contribution in [-0.2, 0) is 0 Å². The molecule has 1 aromatic carbocycles. The Morgan fingerprint density at radius 3 is 2.32 bits per heavy atom. The van der Waals surface area contributed by atoms with E-state index in [0.717, 1.165) is 31.6 Å². The summed E-state index contributed by atoms with van der Waals surface area (Å²) in [6.07, 6.45) is -3.10. The van der Waals surface area contributed by atoms with Gasteiger partial charge in [0.05, 0.1) is 0 Å². The van der Waals surface area contributed by atoms with Gasteiger partial charge < -0.3 is 20.3 Å². The van der Waals surface area contributed by atoms with Crippen molar-refractivity contribution < 1.29 is 22.7 Å². The van der Waals surface area contributed by atoms with E-state index in [1.807, 2.05) is 0 Å². The van der Waals surface area contributed by atoms with E-state index in [1.165, 1.54) is 12.1 Å². The number of hydrogen-bond donors (Lipinski definition) is 2. The van der Waals surface area contributed by atoms with Gasteiger partial charge in [-0.3, -0.25) is 0 Å². The van der Waals surface area contributed by atoms with Crippen LogP contribution in [0.5, 0.6) is 5.75 Å². The molecule has 0 radical (unpaired) electrons. The molecule has 0 unspecified atom stereocenters. The summed E-state index contributed by atoms with van der Waals surface area (Å²) in [5.41, 5.74) is 0.841. The topological polar surface area (TPSA) is 53.6 Å². The maximum atomic E-state index is 12.1. The second kappa shape index (κ2) is 6.76. The smallest absolute Gasteiger partial charge is 0.406 e. The zero-order valence-corrected chi connectivity index (χ0v) is 12.1. The normalized spacial score (nSPS) is 16.3. The number of carbonyl (C=O) groups is 1. The number of piperidine rings is 1. The highest BCUT2D eigenvalue weighted by Gasteiger charge is 2.31. The van der Waals surface area contributed by atoms with Crippen molar-refractivity contribution in [2.45, 2.75) is 25.2 Å². The molecule has 5 nitrogen and oxygen atoms in total. The molecule has 2 amide bonds. The van der Waals surface area contributed by atoms with Gasteiger partial charge in [0.1, 0.15) is 5.75 Å². The van der Waals surface area contributed by atoms with Crippen LogP contribution >= 0.6 is 0 Å². The van der Waals surface area contributed by atoms with Gasteiger partial charge >= 0.3 is 12.4 Å². The standard InChI is InChI=1S/C14H18F3N3O2/c1-18-13(21)19-10-6-8-20(9-7-10)11-2-4-12(5-3-11)22-14(15,16)17/h2-5,10H,6-9H2,1H3,(H2,18,19,21). The third kappa shape index (κ3) is 4.71. The number of nitrogens with one attached hydrogen (secondary N) is 2. The predicted molar refractivity (Wildman–Crippen MR) is 76.0 cm³/mol. The van der Waals surface area contributed by atoms with Crippen molar-refractivity contribution in [2.75, 3.05) is 25.0 Å². The van der Waals surface area contributed by atoms with E-state index in [1.54, 1.807) is 19.2 Å². The predicted octanol–water partition coefficient (Wildman–Crippen LogP) is 2.48. The summed E-state index contributed by atoms with van der Waals surface area (Å²) in [6, 6.07) is 5.73. The number of rotatable bonds is 3. The van der Waals surface area contributed by atoms with Gasteiger partial charge in [-0.15, -0.1) is 13.2 Å². The van der Waals surface area contributed by atoms with Crippen molar-refractivity contribution >= 4 is 11.7 Å². The second-order valence-electron chi connectivity index (χ2n) is 5.03. The highest BCUT2D eigenvalue weighted by atomic mass is 19.4. The number of carbonyl (C=O) groups excluding carboxylic acids is 1. The van der Waals surface area contributed by atoms with Gasteiger partial charge in [-0.1, -0.05) is 0 Å². The van der Waals surface area contributed by atoms with Gasteiger partial charge in [-0.05, 0) is 37.1 Å². The first-order valence-corrected chi connectivity index (χ1v) is 6.96. The third-order valence-electron chi connectivity index (χ3n) is 3.49. The van der Waals surface area contributed by atoms with Crippen LogP contribution in [0.4, 0.5) is 23.7 Å². The largest absolute Gasteiger partial charge is 0.573 e. The number of amides is 2. The number of nitrogens with zero attached hydrogens (tertiary/aromatic N) is 1. The molecule has 0 aliphatic carbocycles. The van der Waals surface area contributed by atoms with E-state index < -0.39 is 6.36 Å². The van der Waals surface area contributed by atoms with E-state index >= 15 is 0 Å². The molecule has 2 N–H and O–H groups in total. The molecular weight excluding hydrogens is 299 g/mol. The van der Waals surface area contributed by atoms with E-state index in [4.69, 9.17) is 0 Å². The lowest BCUT2D eigenvalue weighted by atomic mass is 10.0. The number of halogens is 3. The van der Waals surface area contributed by atoms with Crippen molar-refractivity contribution in [3.63, 3.8) is 0 Å². The minimum Gasteiger partial charge on any atom is -0.406 e. The Labute approximate surface area is 126 Å². The van der Waals surface area contributed by atoms with Crippen LogP contribution in [0.15, 0.2) is 24.3 Å².